The standard InChI is InChI=1S/C11H10N4O4/c1-7(16)8-3-5-9(6-4-8)19-11-12-10(15(17)18)13-14(11)2/h3-6H,1-2H3. The number of carbonyl (C=O) groups excluding carboxylic acids is 1. The molecule has 0 aliphatic carbocycles. The van der Waals surface area contributed by atoms with Gasteiger partial charge in [-0.2, -0.15) is 0 Å². The first-order valence-corrected chi connectivity index (χ1v) is 5.31. The Morgan fingerprint density at radius 2 is 2.00 bits per heavy atom. The van der Waals surface area contributed by atoms with Crippen LogP contribution in [0.1, 0.15) is 17.3 Å². The zero-order chi connectivity index (χ0) is 14.0. The van der Waals surface area contributed by atoms with Gasteiger partial charge in [-0.3, -0.25) is 4.79 Å². The molecule has 98 valence electrons. The molecule has 0 unspecified atom stereocenters. The number of rotatable bonds is 4. The summed E-state index contributed by atoms with van der Waals surface area (Å²) in [5, 5.41) is 14.1. The number of ketones is 1. The van der Waals surface area contributed by atoms with Crippen LogP contribution in [-0.4, -0.2) is 25.5 Å². The number of nitro groups is 1. The van der Waals surface area contributed by atoms with Gasteiger partial charge in [-0.1, -0.05) is 0 Å². The van der Waals surface area contributed by atoms with Crippen LogP contribution in [0.25, 0.3) is 0 Å². The summed E-state index contributed by atoms with van der Waals surface area (Å²) >= 11 is 0. The van der Waals surface area contributed by atoms with E-state index >= 15 is 0 Å². The van der Waals surface area contributed by atoms with Gasteiger partial charge < -0.3 is 14.9 Å². The number of aromatic nitrogens is 3. The van der Waals surface area contributed by atoms with Gasteiger partial charge >= 0.3 is 12.0 Å². The fraction of sp³-hybridized carbons (Fsp3) is 0.182. The molecule has 0 aliphatic rings. The van der Waals surface area contributed by atoms with Crippen molar-refractivity contribution in [2.24, 2.45) is 7.05 Å². The lowest BCUT2D eigenvalue weighted by Gasteiger charge is -2.01. The summed E-state index contributed by atoms with van der Waals surface area (Å²) in [6.45, 7) is 1.46. The van der Waals surface area contributed by atoms with E-state index < -0.39 is 10.9 Å². The van der Waals surface area contributed by atoms with Gasteiger partial charge in [0.15, 0.2) is 5.78 Å². The molecule has 0 saturated carbocycles. The summed E-state index contributed by atoms with van der Waals surface area (Å²) in [7, 11) is 1.49. The molecule has 0 bridgehead atoms. The average Bonchev–Trinajstić information content (AvgIpc) is 2.72. The third-order valence-corrected chi connectivity index (χ3v) is 2.35. The Hall–Kier alpha value is -2.77. The van der Waals surface area contributed by atoms with Crippen molar-refractivity contribution in [3.63, 3.8) is 0 Å². The van der Waals surface area contributed by atoms with E-state index in [0.717, 1.165) is 4.68 Å². The van der Waals surface area contributed by atoms with Crippen LogP contribution in [0.15, 0.2) is 24.3 Å². The summed E-state index contributed by atoms with van der Waals surface area (Å²) in [4.78, 5) is 24.5. The van der Waals surface area contributed by atoms with Crippen LogP contribution in [0.3, 0.4) is 0 Å². The van der Waals surface area contributed by atoms with Crippen LogP contribution >= 0.6 is 0 Å². The Bertz CT molecular complexity index is 633. The molecule has 2 aromatic rings. The molecule has 0 spiro atoms. The highest BCUT2D eigenvalue weighted by molar-refractivity contribution is 5.94. The number of ether oxygens (including phenoxy) is 1. The van der Waals surface area contributed by atoms with Crippen LogP contribution in [0.4, 0.5) is 5.95 Å². The first kappa shape index (κ1) is 12.7. The van der Waals surface area contributed by atoms with Gasteiger partial charge in [-0.15, -0.1) is 4.68 Å². The van der Waals surface area contributed by atoms with E-state index in [4.69, 9.17) is 4.74 Å². The summed E-state index contributed by atoms with van der Waals surface area (Å²) in [6.07, 6.45) is 0. The van der Waals surface area contributed by atoms with Gasteiger partial charge in [0.2, 0.25) is 0 Å². The van der Waals surface area contributed by atoms with Gasteiger partial charge in [-0.05, 0) is 41.1 Å². The van der Waals surface area contributed by atoms with E-state index in [-0.39, 0.29) is 11.8 Å². The van der Waals surface area contributed by atoms with E-state index in [1.165, 1.54) is 14.0 Å². The van der Waals surface area contributed by atoms with Crippen molar-refractivity contribution >= 4 is 11.7 Å². The maximum atomic E-state index is 11.1. The van der Waals surface area contributed by atoms with Crippen molar-refractivity contribution in [2.45, 2.75) is 6.92 Å². The minimum Gasteiger partial charge on any atom is -0.411 e. The van der Waals surface area contributed by atoms with Crippen molar-refractivity contribution in [3.05, 3.63) is 39.9 Å². The molecule has 19 heavy (non-hydrogen) atoms. The van der Waals surface area contributed by atoms with Crippen molar-refractivity contribution in [1.82, 2.24) is 14.8 Å². The van der Waals surface area contributed by atoms with Crippen LogP contribution in [0.5, 0.6) is 11.8 Å². The van der Waals surface area contributed by atoms with Crippen molar-refractivity contribution in [3.8, 4) is 11.8 Å². The van der Waals surface area contributed by atoms with Crippen LogP contribution in [0, 0.1) is 10.1 Å². The second-order valence-electron chi connectivity index (χ2n) is 3.76. The van der Waals surface area contributed by atoms with E-state index in [1.807, 2.05) is 0 Å². The third-order valence-electron chi connectivity index (χ3n) is 2.35. The SMILES string of the molecule is CC(=O)c1ccc(Oc2nc([N+](=O)[O-])nn2C)cc1. The second kappa shape index (κ2) is 4.84. The minimum atomic E-state index is -0.703. The Kier molecular flexibility index (Phi) is 3.23. The third kappa shape index (κ3) is 2.73. The average molecular weight is 262 g/mol. The molecule has 0 saturated heterocycles. The summed E-state index contributed by atoms with van der Waals surface area (Å²) in [5.41, 5.74) is 0.552. The maximum absolute atomic E-state index is 11.1. The number of Topliss-reactive ketones (excluding diaryl/α,β-unsaturated/α-hetero) is 1. The minimum absolute atomic E-state index is 0.00211. The fourth-order valence-corrected chi connectivity index (χ4v) is 1.39. The van der Waals surface area contributed by atoms with E-state index in [0.29, 0.717) is 11.3 Å². The van der Waals surface area contributed by atoms with Gasteiger partial charge in [0.05, 0.1) is 7.05 Å². The largest absolute Gasteiger partial charge is 0.494 e. The molecular weight excluding hydrogens is 252 g/mol. The normalized spacial score (nSPS) is 10.2. The highest BCUT2D eigenvalue weighted by Crippen LogP contribution is 2.21. The molecule has 1 aromatic heterocycles. The van der Waals surface area contributed by atoms with Gasteiger partial charge in [0.1, 0.15) is 5.75 Å². The Labute approximate surface area is 107 Å². The molecule has 8 nitrogen and oxygen atoms in total. The number of nitrogens with zero attached hydrogens (tertiary/aromatic N) is 4. The molecule has 1 aromatic carbocycles. The van der Waals surface area contributed by atoms with E-state index in [9.17, 15) is 14.9 Å². The van der Waals surface area contributed by atoms with Gasteiger partial charge in [-0.25, -0.2) is 0 Å². The summed E-state index contributed by atoms with van der Waals surface area (Å²) in [5.74, 6) is -0.172. The lowest BCUT2D eigenvalue weighted by atomic mass is 10.1. The molecule has 2 rings (SSSR count). The molecule has 0 fully saturated rings. The molecular formula is C11H10N4O4. The van der Waals surface area contributed by atoms with E-state index in [1.54, 1.807) is 24.3 Å². The smallest absolute Gasteiger partial charge is 0.411 e. The molecule has 0 amide bonds. The zero-order valence-electron chi connectivity index (χ0n) is 10.2. The number of aryl methyl sites for hydroxylation is 1. The van der Waals surface area contributed by atoms with Crippen LogP contribution in [-0.2, 0) is 7.05 Å². The number of hydrogen-bond acceptors (Lipinski definition) is 6. The van der Waals surface area contributed by atoms with Gasteiger partial charge in [0.25, 0.3) is 0 Å². The summed E-state index contributed by atoms with van der Waals surface area (Å²) < 4.78 is 6.51. The van der Waals surface area contributed by atoms with Crippen LogP contribution < -0.4 is 4.74 Å². The molecule has 1 heterocycles. The first-order valence-electron chi connectivity index (χ1n) is 5.31. The number of hydrogen-bond donors (Lipinski definition) is 0. The molecule has 0 radical (unpaired) electrons. The highest BCUT2D eigenvalue weighted by Gasteiger charge is 2.20. The molecule has 0 aliphatic heterocycles. The predicted octanol–water partition coefficient (Wildman–Crippen LogP) is 1.72. The van der Waals surface area contributed by atoms with E-state index in [2.05, 4.69) is 10.1 Å². The van der Waals surface area contributed by atoms with Gasteiger partial charge in [0, 0.05) is 10.7 Å². The zero-order valence-corrected chi connectivity index (χ0v) is 10.2. The molecule has 0 N–H and O–H groups in total. The Morgan fingerprint density at radius 3 is 2.47 bits per heavy atom. The van der Waals surface area contributed by atoms with Crippen LogP contribution in [0.2, 0.25) is 0 Å². The maximum Gasteiger partial charge on any atom is 0.494 e. The Balaban J connectivity index is 2.21. The molecule has 0 atom stereocenters. The van der Waals surface area contributed by atoms with Crippen molar-refractivity contribution in [1.29, 1.82) is 0 Å². The Morgan fingerprint density at radius 1 is 1.37 bits per heavy atom. The number of benzene rings is 1. The lowest BCUT2D eigenvalue weighted by molar-refractivity contribution is -0.394. The fourth-order valence-electron chi connectivity index (χ4n) is 1.39. The van der Waals surface area contributed by atoms with Crippen molar-refractivity contribution < 1.29 is 14.5 Å². The lowest BCUT2D eigenvalue weighted by Crippen LogP contribution is -1.97. The monoisotopic (exact) mass is 262 g/mol. The predicted molar refractivity (Wildman–Crippen MR) is 64.2 cm³/mol. The second-order valence-corrected chi connectivity index (χ2v) is 3.76. The topological polar surface area (TPSA) is 100 Å². The quantitative estimate of drug-likeness (QED) is 0.472. The summed E-state index contributed by atoms with van der Waals surface area (Å²) in [6, 6.07) is 6.36. The number of carbonyl (C=O) groups is 1. The first-order chi connectivity index (χ1) is 8.97. The molecule has 8 heteroatoms. The highest BCUT2D eigenvalue weighted by atomic mass is 16.6. The van der Waals surface area contributed by atoms with Crippen molar-refractivity contribution in [2.75, 3.05) is 0 Å².